The molecule has 0 amide bonds. The highest BCUT2D eigenvalue weighted by Crippen LogP contribution is 2.53. The Hall–Kier alpha value is -2.01. The number of fused-ring (bicyclic) bond motifs is 4. The number of hydrogen-bond acceptors (Lipinski definition) is 5. The predicted octanol–water partition coefficient (Wildman–Crippen LogP) is 5.35. The predicted molar refractivity (Wildman–Crippen MR) is 104 cm³/mol. The minimum Gasteiger partial charge on any atom is -0.490 e. The Morgan fingerprint density at radius 1 is 1.23 bits per heavy atom. The number of hydrogen-bond donors (Lipinski definition) is 0. The van der Waals surface area contributed by atoms with Crippen molar-refractivity contribution in [3.05, 3.63) is 46.2 Å². The van der Waals surface area contributed by atoms with Crippen LogP contribution in [0.25, 0.3) is 0 Å². The molecule has 1 saturated carbocycles. The lowest BCUT2D eigenvalue weighted by atomic mass is 9.87. The number of ether oxygens (including phenoxy) is 2. The first kappa shape index (κ1) is 16.2. The quantitative estimate of drug-likeness (QED) is 0.732. The van der Waals surface area contributed by atoms with Gasteiger partial charge in [-0.15, -0.1) is 11.3 Å². The lowest BCUT2D eigenvalue weighted by molar-refractivity contribution is -0.141. The van der Waals surface area contributed by atoms with Gasteiger partial charge in [-0.05, 0) is 37.3 Å². The highest BCUT2D eigenvalue weighted by atomic mass is 32.1. The van der Waals surface area contributed by atoms with E-state index >= 15 is 0 Å². The zero-order valence-corrected chi connectivity index (χ0v) is 15.9. The van der Waals surface area contributed by atoms with Crippen molar-refractivity contribution in [1.82, 2.24) is 5.01 Å². The van der Waals surface area contributed by atoms with Crippen molar-refractivity contribution in [3.63, 3.8) is 0 Å². The molecule has 26 heavy (non-hydrogen) atoms. The van der Waals surface area contributed by atoms with Crippen LogP contribution in [0.1, 0.15) is 61.9 Å². The molecule has 4 nitrogen and oxygen atoms in total. The Kier molecular flexibility index (Phi) is 3.92. The second-order valence-corrected chi connectivity index (χ2v) is 8.25. The average molecular weight is 369 g/mol. The van der Waals surface area contributed by atoms with Crippen molar-refractivity contribution in [2.45, 2.75) is 57.2 Å². The summed E-state index contributed by atoms with van der Waals surface area (Å²) in [7, 11) is 0. The summed E-state index contributed by atoms with van der Waals surface area (Å²) >= 11 is 1.77. The summed E-state index contributed by atoms with van der Waals surface area (Å²) in [5.74, 6) is 1.82. The van der Waals surface area contributed by atoms with E-state index in [-0.39, 0.29) is 11.8 Å². The fourth-order valence-electron chi connectivity index (χ4n) is 4.57. The van der Waals surface area contributed by atoms with Gasteiger partial charge in [0.05, 0.1) is 23.2 Å². The third-order valence-electron chi connectivity index (χ3n) is 5.73. The van der Waals surface area contributed by atoms with Gasteiger partial charge in [-0.3, -0.25) is 0 Å². The molecule has 1 aromatic heterocycles. The molecule has 1 aliphatic carbocycles. The topological polar surface area (TPSA) is 34.1 Å². The van der Waals surface area contributed by atoms with Crippen LogP contribution in [0.4, 0.5) is 0 Å². The number of rotatable bonds is 3. The summed E-state index contributed by atoms with van der Waals surface area (Å²) in [5, 5.41) is 9.52. The van der Waals surface area contributed by atoms with Gasteiger partial charge < -0.3 is 9.47 Å². The van der Waals surface area contributed by atoms with Crippen molar-refractivity contribution in [2.75, 3.05) is 6.61 Å². The van der Waals surface area contributed by atoms with E-state index in [4.69, 9.17) is 14.6 Å². The molecule has 2 aromatic rings. The largest absolute Gasteiger partial charge is 0.490 e. The first-order valence-corrected chi connectivity index (χ1v) is 10.5. The third-order valence-corrected chi connectivity index (χ3v) is 6.65. The van der Waals surface area contributed by atoms with E-state index in [1.807, 2.05) is 13.0 Å². The molecule has 0 radical (unpaired) electrons. The van der Waals surface area contributed by atoms with E-state index in [1.165, 1.54) is 35.4 Å². The Morgan fingerprint density at radius 2 is 2.12 bits per heavy atom. The SMILES string of the molecule is CCOc1cccc2c1OC1(CCCCC1)N1N=C(c3cccs3)CC21. The van der Waals surface area contributed by atoms with Gasteiger partial charge in [0, 0.05) is 24.8 Å². The zero-order valence-electron chi connectivity index (χ0n) is 15.1. The standard InChI is InChI=1S/C21H24N2O2S/c1-2-24-18-9-6-8-15-17-14-16(19-10-7-13-26-19)22-23(17)21(25-20(15)18)11-4-3-5-12-21/h6-10,13,17H,2-5,11-12,14H2,1H3. The number of para-hydroxylation sites is 1. The lowest BCUT2D eigenvalue weighted by Crippen LogP contribution is -2.54. The van der Waals surface area contributed by atoms with E-state index in [0.29, 0.717) is 6.61 Å². The van der Waals surface area contributed by atoms with Crippen LogP contribution in [0.15, 0.2) is 40.8 Å². The minimum absolute atomic E-state index is 0.245. The van der Waals surface area contributed by atoms with Gasteiger partial charge in [-0.1, -0.05) is 24.6 Å². The highest BCUT2D eigenvalue weighted by molar-refractivity contribution is 7.12. The van der Waals surface area contributed by atoms with E-state index in [1.54, 1.807) is 11.3 Å². The van der Waals surface area contributed by atoms with Gasteiger partial charge in [0.1, 0.15) is 0 Å². The van der Waals surface area contributed by atoms with Crippen molar-refractivity contribution in [1.29, 1.82) is 0 Å². The fourth-order valence-corrected chi connectivity index (χ4v) is 5.29. The molecule has 1 atom stereocenters. The normalized spacial score (nSPS) is 23.2. The Labute approximate surface area is 158 Å². The summed E-state index contributed by atoms with van der Waals surface area (Å²) < 4.78 is 12.6. The summed E-state index contributed by atoms with van der Waals surface area (Å²) in [6.45, 7) is 2.68. The van der Waals surface area contributed by atoms with Crippen LogP contribution in [0.3, 0.4) is 0 Å². The van der Waals surface area contributed by atoms with Crippen molar-refractivity contribution in [3.8, 4) is 11.5 Å². The van der Waals surface area contributed by atoms with Gasteiger partial charge in [0.15, 0.2) is 17.2 Å². The highest BCUT2D eigenvalue weighted by Gasteiger charge is 2.51. The molecular formula is C21H24N2O2S. The summed E-state index contributed by atoms with van der Waals surface area (Å²) in [6, 6.07) is 10.8. The van der Waals surface area contributed by atoms with E-state index in [2.05, 4.69) is 34.7 Å². The Morgan fingerprint density at radius 3 is 2.88 bits per heavy atom. The van der Waals surface area contributed by atoms with Crippen molar-refractivity contribution >= 4 is 17.0 Å². The molecule has 3 aliphatic rings. The minimum atomic E-state index is -0.317. The van der Waals surface area contributed by atoms with E-state index < -0.39 is 0 Å². The molecule has 1 aromatic carbocycles. The maximum atomic E-state index is 6.72. The average Bonchev–Trinajstić information content (AvgIpc) is 3.34. The van der Waals surface area contributed by atoms with E-state index in [0.717, 1.165) is 30.8 Å². The second kappa shape index (κ2) is 6.31. The molecule has 2 aliphatic heterocycles. The molecule has 0 N–H and O–H groups in total. The van der Waals surface area contributed by atoms with Gasteiger partial charge in [0.25, 0.3) is 0 Å². The fraction of sp³-hybridized carbons (Fsp3) is 0.476. The number of benzene rings is 1. The maximum absolute atomic E-state index is 6.72. The smallest absolute Gasteiger partial charge is 0.198 e. The van der Waals surface area contributed by atoms with Crippen LogP contribution >= 0.6 is 11.3 Å². The summed E-state index contributed by atoms with van der Waals surface area (Å²) in [5.41, 5.74) is 2.08. The second-order valence-electron chi connectivity index (χ2n) is 7.30. The molecule has 0 bridgehead atoms. The molecule has 1 spiro atoms. The molecular weight excluding hydrogens is 344 g/mol. The first-order chi connectivity index (χ1) is 12.8. The summed E-state index contributed by atoms with van der Waals surface area (Å²) in [4.78, 5) is 1.27. The molecule has 1 fully saturated rings. The van der Waals surface area contributed by atoms with E-state index in [9.17, 15) is 0 Å². The van der Waals surface area contributed by atoms with Crippen LogP contribution in [-0.4, -0.2) is 23.1 Å². The van der Waals surface area contributed by atoms with Gasteiger partial charge >= 0.3 is 0 Å². The molecule has 3 heterocycles. The molecule has 5 rings (SSSR count). The lowest BCUT2D eigenvalue weighted by Gasteiger charge is -2.49. The first-order valence-electron chi connectivity index (χ1n) is 9.66. The molecule has 1 unspecified atom stereocenters. The molecule has 0 saturated heterocycles. The number of nitrogens with zero attached hydrogens (tertiary/aromatic N) is 2. The zero-order chi connectivity index (χ0) is 17.6. The van der Waals surface area contributed by atoms with Gasteiger partial charge in [-0.25, -0.2) is 5.01 Å². The van der Waals surface area contributed by atoms with Crippen molar-refractivity contribution in [2.24, 2.45) is 5.10 Å². The Bertz CT molecular complexity index is 825. The maximum Gasteiger partial charge on any atom is 0.198 e. The van der Waals surface area contributed by atoms with Crippen LogP contribution in [0.2, 0.25) is 0 Å². The third kappa shape index (κ3) is 2.44. The van der Waals surface area contributed by atoms with Crippen LogP contribution in [-0.2, 0) is 0 Å². The Balaban J connectivity index is 1.61. The van der Waals surface area contributed by atoms with Gasteiger partial charge in [-0.2, -0.15) is 5.10 Å². The van der Waals surface area contributed by atoms with Crippen LogP contribution in [0.5, 0.6) is 11.5 Å². The van der Waals surface area contributed by atoms with Crippen LogP contribution in [0, 0.1) is 0 Å². The number of thiophene rings is 1. The van der Waals surface area contributed by atoms with Gasteiger partial charge in [0.2, 0.25) is 0 Å². The van der Waals surface area contributed by atoms with Crippen molar-refractivity contribution < 1.29 is 9.47 Å². The molecule has 136 valence electrons. The number of hydrazone groups is 1. The molecule has 5 heteroatoms. The summed E-state index contributed by atoms with van der Waals surface area (Å²) in [6.07, 6.45) is 6.67. The monoisotopic (exact) mass is 368 g/mol. The van der Waals surface area contributed by atoms with Crippen LogP contribution < -0.4 is 9.47 Å².